The van der Waals surface area contributed by atoms with E-state index in [2.05, 4.69) is 21.7 Å². The fraction of sp³-hybridized carbons (Fsp3) is 0.846. The smallest absolute Gasteiger partial charge is 0.143 e. The molecule has 2 aliphatic rings. The van der Waals surface area contributed by atoms with E-state index < -0.39 is 0 Å². The third-order valence-corrected chi connectivity index (χ3v) is 4.57. The van der Waals surface area contributed by atoms with E-state index in [0.717, 1.165) is 5.82 Å². The zero-order chi connectivity index (χ0) is 12.6. The summed E-state index contributed by atoms with van der Waals surface area (Å²) < 4.78 is 7.79. The van der Waals surface area contributed by atoms with Crippen molar-refractivity contribution in [1.29, 1.82) is 0 Å². The maximum atomic E-state index is 6.20. The molecule has 1 aliphatic heterocycles. The molecule has 18 heavy (non-hydrogen) atoms. The molecule has 0 spiro atoms. The molecular weight excluding hydrogens is 228 g/mol. The number of nitrogens with zero attached hydrogens (tertiary/aromatic N) is 3. The summed E-state index contributed by atoms with van der Waals surface area (Å²) in [7, 11) is 0. The number of hydrogen-bond donors (Lipinski definition) is 1. The fourth-order valence-corrected chi connectivity index (χ4v) is 3.20. The highest BCUT2D eigenvalue weighted by Gasteiger charge is 2.43. The van der Waals surface area contributed by atoms with E-state index in [0.29, 0.717) is 19.3 Å². The SMILES string of the molecule is CC1(c2nncn2C2CCCCC2)COCC1N. The van der Waals surface area contributed by atoms with Crippen LogP contribution in [0, 0.1) is 0 Å². The van der Waals surface area contributed by atoms with Crippen molar-refractivity contribution in [1.82, 2.24) is 14.8 Å². The van der Waals surface area contributed by atoms with Crippen LogP contribution in [0.5, 0.6) is 0 Å². The van der Waals surface area contributed by atoms with Gasteiger partial charge in [-0.1, -0.05) is 19.3 Å². The van der Waals surface area contributed by atoms with E-state index in [9.17, 15) is 0 Å². The van der Waals surface area contributed by atoms with E-state index in [4.69, 9.17) is 10.5 Å². The lowest BCUT2D eigenvalue weighted by atomic mass is 9.84. The van der Waals surface area contributed by atoms with Gasteiger partial charge in [0.25, 0.3) is 0 Å². The predicted molar refractivity (Wildman–Crippen MR) is 68.3 cm³/mol. The second-order valence-corrected chi connectivity index (χ2v) is 5.89. The van der Waals surface area contributed by atoms with Crippen molar-refractivity contribution in [2.45, 2.75) is 56.5 Å². The molecule has 2 N–H and O–H groups in total. The lowest BCUT2D eigenvalue weighted by Gasteiger charge is -2.30. The second-order valence-electron chi connectivity index (χ2n) is 5.89. The zero-order valence-electron chi connectivity index (χ0n) is 11.0. The first-order valence-corrected chi connectivity index (χ1v) is 6.95. The van der Waals surface area contributed by atoms with Crippen LogP contribution in [0.1, 0.15) is 50.9 Å². The Labute approximate surface area is 108 Å². The molecule has 0 radical (unpaired) electrons. The minimum absolute atomic E-state index is 0.0176. The number of ether oxygens (including phenoxy) is 1. The van der Waals surface area contributed by atoms with Gasteiger partial charge in [0.05, 0.1) is 18.6 Å². The first-order chi connectivity index (χ1) is 8.72. The van der Waals surface area contributed by atoms with E-state index in [-0.39, 0.29) is 11.5 Å². The third-order valence-electron chi connectivity index (χ3n) is 4.57. The molecule has 0 bridgehead atoms. The van der Waals surface area contributed by atoms with Crippen molar-refractivity contribution in [2.75, 3.05) is 13.2 Å². The summed E-state index contributed by atoms with van der Waals surface area (Å²) in [4.78, 5) is 0. The van der Waals surface area contributed by atoms with E-state index >= 15 is 0 Å². The molecule has 2 heterocycles. The summed E-state index contributed by atoms with van der Waals surface area (Å²) in [6.07, 6.45) is 8.31. The van der Waals surface area contributed by atoms with Gasteiger partial charge >= 0.3 is 0 Å². The molecule has 2 fully saturated rings. The summed E-state index contributed by atoms with van der Waals surface area (Å²) in [6.45, 7) is 3.42. The van der Waals surface area contributed by atoms with Crippen LogP contribution in [0.25, 0.3) is 0 Å². The number of hydrogen-bond acceptors (Lipinski definition) is 4. The number of rotatable bonds is 2. The average Bonchev–Trinajstić information content (AvgIpc) is 2.99. The normalized spacial score (nSPS) is 34.0. The van der Waals surface area contributed by atoms with Crippen molar-refractivity contribution >= 4 is 0 Å². The van der Waals surface area contributed by atoms with Gasteiger partial charge in [0.2, 0.25) is 0 Å². The Morgan fingerprint density at radius 3 is 2.83 bits per heavy atom. The molecule has 1 saturated heterocycles. The average molecular weight is 250 g/mol. The van der Waals surface area contributed by atoms with Crippen molar-refractivity contribution in [3.8, 4) is 0 Å². The van der Waals surface area contributed by atoms with Gasteiger partial charge in [-0.25, -0.2) is 0 Å². The first kappa shape index (κ1) is 12.1. The van der Waals surface area contributed by atoms with Gasteiger partial charge < -0.3 is 15.0 Å². The second kappa shape index (κ2) is 4.63. The molecule has 2 unspecified atom stereocenters. The van der Waals surface area contributed by atoms with Gasteiger partial charge in [0, 0.05) is 12.1 Å². The maximum Gasteiger partial charge on any atom is 0.143 e. The number of nitrogens with two attached hydrogens (primary N) is 1. The van der Waals surface area contributed by atoms with Crippen LogP contribution < -0.4 is 5.73 Å². The molecule has 0 aromatic carbocycles. The van der Waals surface area contributed by atoms with Crippen LogP contribution in [0.4, 0.5) is 0 Å². The first-order valence-electron chi connectivity index (χ1n) is 6.95. The molecule has 3 rings (SSSR count). The monoisotopic (exact) mass is 250 g/mol. The Bertz CT molecular complexity index is 413. The highest BCUT2D eigenvalue weighted by molar-refractivity contribution is 5.15. The Morgan fingerprint density at radius 2 is 2.17 bits per heavy atom. The maximum absolute atomic E-state index is 6.20. The number of aromatic nitrogens is 3. The lowest BCUT2D eigenvalue weighted by Crippen LogP contribution is -2.44. The Morgan fingerprint density at radius 1 is 1.39 bits per heavy atom. The van der Waals surface area contributed by atoms with Crippen molar-refractivity contribution < 1.29 is 4.74 Å². The molecule has 1 aromatic heterocycles. The van der Waals surface area contributed by atoms with Gasteiger partial charge in [0.15, 0.2) is 0 Å². The largest absolute Gasteiger partial charge is 0.379 e. The van der Waals surface area contributed by atoms with E-state index in [1.165, 1.54) is 32.1 Å². The molecule has 1 aromatic rings. The highest BCUT2D eigenvalue weighted by atomic mass is 16.5. The third kappa shape index (κ3) is 1.86. The summed E-state index contributed by atoms with van der Waals surface area (Å²) in [5.74, 6) is 1.01. The van der Waals surface area contributed by atoms with Crippen LogP contribution in [0.2, 0.25) is 0 Å². The van der Waals surface area contributed by atoms with Crippen molar-refractivity contribution in [3.63, 3.8) is 0 Å². The minimum atomic E-state index is -0.187. The molecule has 5 heteroatoms. The molecule has 1 aliphatic carbocycles. The highest BCUT2D eigenvalue weighted by Crippen LogP contribution is 2.35. The summed E-state index contributed by atoms with van der Waals surface area (Å²) in [6, 6.07) is 0.567. The predicted octanol–water partition coefficient (Wildman–Crippen LogP) is 1.40. The van der Waals surface area contributed by atoms with Crippen LogP contribution >= 0.6 is 0 Å². The minimum Gasteiger partial charge on any atom is -0.379 e. The van der Waals surface area contributed by atoms with Crippen molar-refractivity contribution in [3.05, 3.63) is 12.2 Å². The van der Waals surface area contributed by atoms with Gasteiger partial charge in [0.1, 0.15) is 12.2 Å². The Kier molecular flexibility index (Phi) is 3.11. The lowest BCUT2D eigenvalue weighted by molar-refractivity contribution is 0.176. The van der Waals surface area contributed by atoms with E-state index in [1.54, 1.807) is 0 Å². The molecule has 1 saturated carbocycles. The molecule has 100 valence electrons. The Balaban J connectivity index is 1.91. The van der Waals surface area contributed by atoms with Crippen LogP contribution in [-0.4, -0.2) is 34.0 Å². The summed E-state index contributed by atoms with van der Waals surface area (Å²) in [5, 5.41) is 8.47. The van der Waals surface area contributed by atoms with Crippen molar-refractivity contribution in [2.24, 2.45) is 5.73 Å². The standard InChI is InChI=1S/C13H22N4O/c1-13(8-18-7-11(13)14)12-16-15-9-17(12)10-5-3-2-4-6-10/h9-11H,2-8,14H2,1H3. The summed E-state index contributed by atoms with van der Waals surface area (Å²) >= 11 is 0. The van der Waals surface area contributed by atoms with Crippen LogP contribution in [0.15, 0.2) is 6.33 Å². The van der Waals surface area contributed by atoms with Gasteiger partial charge in [-0.15, -0.1) is 10.2 Å². The quantitative estimate of drug-likeness (QED) is 0.861. The molecule has 2 atom stereocenters. The topological polar surface area (TPSA) is 66.0 Å². The van der Waals surface area contributed by atoms with E-state index in [1.807, 2.05) is 6.33 Å². The molecule has 5 nitrogen and oxygen atoms in total. The summed E-state index contributed by atoms with van der Waals surface area (Å²) in [5.41, 5.74) is 6.01. The van der Waals surface area contributed by atoms with Gasteiger partial charge in [-0.2, -0.15) is 0 Å². The fourth-order valence-electron chi connectivity index (χ4n) is 3.20. The molecular formula is C13H22N4O. The molecule has 0 amide bonds. The van der Waals surface area contributed by atoms with Gasteiger partial charge in [-0.05, 0) is 19.8 Å². The van der Waals surface area contributed by atoms with Crippen LogP contribution in [-0.2, 0) is 10.2 Å². The zero-order valence-corrected chi connectivity index (χ0v) is 11.0. The van der Waals surface area contributed by atoms with Crippen LogP contribution in [0.3, 0.4) is 0 Å². The Hall–Kier alpha value is -0.940. The van der Waals surface area contributed by atoms with Gasteiger partial charge in [-0.3, -0.25) is 0 Å².